The lowest BCUT2D eigenvalue weighted by atomic mass is 10.0. The van der Waals surface area contributed by atoms with Crippen molar-refractivity contribution in [2.45, 2.75) is 32.7 Å². The second-order valence-corrected chi connectivity index (χ2v) is 5.89. The van der Waals surface area contributed by atoms with Crippen LogP contribution in [0.25, 0.3) is 11.1 Å². The molecule has 0 aliphatic carbocycles. The Morgan fingerprint density at radius 1 is 1.20 bits per heavy atom. The molecule has 0 aliphatic heterocycles. The molecule has 0 fully saturated rings. The highest BCUT2D eigenvalue weighted by Crippen LogP contribution is 2.21. The predicted molar refractivity (Wildman–Crippen MR) is 93.6 cm³/mol. The van der Waals surface area contributed by atoms with Crippen LogP contribution in [-0.4, -0.2) is 21.0 Å². The molecule has 0 saturated carbocycles. The average Bonchev–Trinajstić information content (AvgIpc) is 3.06. The molecule has 2 aromatic heterocycles. The van der Waals surface area contributed by atoms with Gasteiger partial charge in [0.1, 0.15) is 0 Å². The largest absolute Gasteiger partial charge is 0.350 e. The Balaban J connectivity index is 1.55. The van der Waals surface area contributed by atoms with Gasteiger partial charge in [0, 0.05) is 25.2 Å². The number of benzene rings is 1. The Morgan fingerprint density at radius 2 is 2.00 bits per heavy atom. The van der Waals surface area contributed by atoms with Gasteiger partial charge in [0.2, 0.25) is 11.8 Å². The molecule has 1 N–H and O–H groups in total. The maximum atomic E-state index is 12.1. The summed E-state index contributed by atoms with van der Waals surface area (Å²) in [5.41, 5.74) is 3.22. The molecule has 6 nitrogen and oxygen atoms in total. The van der Waals surface area contributed by atoms with Crippen LogP contribution in [0.4, 0.5) is 0 Å². The van der Waals surface area contributed by atoms with Crippen molar-refractivity contribution < 1.29 is 9.32 Å². The molecule has 0 radical (unpaired) electrons. The minimum Gasteiger partial charge on any atom is -0.350 e. The molecule has 3 rings (SSSR count). The van der Waals surface area contributed by atoms with Crippen LogP contribution in [0.15, 0.2) is 53.3 Å². The summed E-state index contributed by atoms with van der Waals surface area (Å²) in [5, 5.41) is 6.71. The van der Waals surface area contributed by atoms with Gasteiger partial charge in [-0.25, -0.2) is 0 Å². The quantitative estimate of drug-likeness (QED) is 0.747. The van der Waals surface area contributed by atoms with E-state index in [-0.39, 0.29) is 11.9 Å². The molecule has 128 valence electrons. The van der Waals surface area contributed by atoms with Crippen molar-refractivity contribution in [2.75, 3.05) is 0 Å². The third-order valence-corrected chi connectivity index (χ3v) is 3.92. The lowest BCUT2D eigenvalue weighted by molar-refractivity contribution is -0.121. The molecule has 1 amide bonds. The Bertz CT molecular complexity index is 828. The molecule has 6 heteroatoms. The zero-order chi connectivity index (χ0) is 17.6. The van der Waals surface area contributed by atoms with Gasteiger partial charge in [0.25, 0.3) is 0 Å². The molecule has 2 heterocycles. The van der Waals surface area contributed by atoms with E-state index >= 15 is 0 Å². The number of hydrogen-bond donors (Lipinski definition) is 1. The van der Waals surface area contributed by atoms with Crippen molar-refractivity contribution >= 4 is 5.91 Å². The van der Waals surface area contributed by atoms with Crippen LogP contribution in [0.3, 0.4) is 0 Å². The van der Waals surface area contributed by atoms with Gasteiger partial charge in [-0.2, -0.15) is 4.98 Å². The van der Waals surface area contributed by atoms with Gasteiger partial charge >= 0.3 is 0 Å². The highest BCUT2D eigenvalue weighted by Gasteiger charge is 2.12. The van der Waals surface area contributed by atoms with Gasteiger partial charge < -0.3 is 9.84 Å². The van der Waals surface area contributed by atoms with E-state index in [2.05, 4.69) is 20.4 Å². The van der Waals surface area contributed by atoms with Gasteiger partial charge in [-0.15, -0.1) is 0 Å². The SMILES string of the molecule is Cc1noc(CCC(=O)N[C@@H](C)c2ccc(-c3cccnc3)cc2)n1. The first kappa shape index (κ1) is 16.8. The fourth-order valence-electron chi connectivity index (χ4n) is 2.56. The molecule has 25 heavy (non-hydrogen) atoms. The number of aryl methyl sites for hydroxylation is 2. The second kappa shape index (κ2) is 7.70. The number of rotatable bonds is 6. The highest BCUT2D eigenvalue weighted by molar-refractivity contribution is 5.76. The van der Waals surface area contributed by atoms with Gasteiger partial charge in [-0.3, -0.25) is 9.78 Å². The van der Waals surface area contributed by atoms with Crippen molar-refractivity contribution in [1.29, 1.82) is 0 Å². The number of hydrogen-bond acceptors (Lipinski definition) is 5. The van der Waals surface area contributed by atoms with E-state index in [1.54, 1.807) is 13.1 Å². The highest BCUT2D eigenvalue weighted by atomic mass is 16.5. The zero-order valence-corrected chi connectivity index (χ0v) is 14.3. The minimum absolute atomic E-state index is 0.0420. The molecule has 0 unspecified atom stereocenters. The van der Waals surface area contributed by atoms with E-state index in [9.17, 15) is 4.79 Å². The molecule has 0 bridgehead atoms. The standard InChI is InChI=1S/C19H20N4O2/c1-13(21-18(24)9-10-19-22-14(2)23-25-19)15-5-7-16(8-6-15)17-4-3-11-20-12-17/h3-8,11-13H,9-10H2,1-2H3,(H,21,24)/t13-/m0/s1. The van der Waals surface area contributed by atoms with Crippen molar-refractivity contribution in [2.24, 2.45) is 0 Å². The number of nitrogens with one attached hydrogen (secondary N) is 1. The summed E-state index contributed by atoms with van der Waals surface area (Å²) in [6.45, 7) is 3.72. The molecule has 0 saturated heterocycles. The van der Waals surface area contributed by atoms with E-state index in [0.717, 1.165) is 16.7 Å². The average molecular weight is 336 g/mol. The summed E-state index contributed by atoms with van der Waals surface area (Å²) in [7, 11) is 0. The van der Waals surface area contributed by atoms with Crippen LogP contribution in [0.5, 0.6) is 0 Å². The minimum atomic E-state index is -0.0696. The molecule has 1 atom stereocenters. The molecule has 0 spiro atoms. The second-order valence-electron chi connectivity index (χ2n) is 5.89. The van der Waals surface area contributed by atoms with E-state index in [1.165, 1.54) is 0 Å². The topological polar surface area (TPSA) is 80.9 Å². The summed E-state index contributed by atoms with van der Waals surface area (Å²) in [6, 6.07) is 12.0. The van der Waals surface area contributed by atoms with Crippen LogP contribution in [0.1, 0.15) is 36.7 Å². The number of nitrogens with zero attached hydrogens (tertiary/aromatic N) is 3. The first-order valence-corrected chi connectivity index (χ1v) is 8.21. The van der Waals surface area contributed by atoms with Gasteiger partial charge in [-0.05, 0) is 36.6 Å². The van der Waals surface area contributed by atoms with Gasteiger partial charge in [-0.1, -0.05) is 35.5 Å². The zero-order valence-electron chi connectivity index (χ0n) is 14.3. The number of carbonyl (C=O) groups is 1. The van der Waals surface area contributed by atoms with E-state index in [1.807, 2.05) is 49.5 Å². The molecular formula is C19H20N4O2. The number of amides is 1. The number of carbonyl (C=O) groups excluding carboxylic acids is 1. The lowest BCUT2D eigenvalue weighted by Gasteiger charge is -2.14. The molecule has 1 aromatic carbocycles. The Morgan fingerprint density at radius 3 is 2.64 bits per heavy atom. The maximum Gasteiger partial charge on any atom is 0.227 e. The summed E-state index contributed by atoms with van der Waals surface area (Å²) >= 11 is 0. The predicted octanol–water partition coefficient (Wildman–Crippen LogP) is 3.25. The summed E-state index contributed by atoms with van der Waals surface area (Å²) in [6.07, 6.45) is 4.35. The van der Waals surface area contributed by atoms with E-state index < -0.39 is 0 Å². The van der Waals surface area contributed by atoms with Gasteiger partial charge in [0.15, 0.2) is 5.82 Å². The first-order valence-electron chi connectivity index (χ1n) is 8.21. The molecule has 3 aromatic rings. The normalized spacial score (nSPS) is 11.9. The van der Waals surface area contributed by atoms with Crippen molar-refractivity contribution in [3.05, 3.63) is 66.1 Å². The molecular weight excluding hydrogens is 316 g/mol. The van der Waals surface area contributed by atoms with Gasteiger partial charge in [0.05, 0.1) is 6.04 Å². The third-order valence-electron chi connectivity index (χ3n) is 3.92. The Hall–Kier alpha value is -3.02. The summed E-state index contributed by atoms with van der Waals surface area (Å²) < 4.78 is 5.01. The number of pyridine rings is 1. The fraction of sp³-hybridized carbons (Fsp3) is 0.263. The summed E-state index contributed by atoms with van der Waals surface area (Å²) in [5.74, 6) is 1.03. The first-order chi connectivity index (χ1) is 12.1. The van der Waals surface area contributed by atoms with Crippen molar-refractivity contribution in [3.8, 4) is 11.1 Å². The van der Waals surface area contributed by atoms with Crippen LogP contribution in [0, 0.1) is 6.92 Å². The van der Waals surface area contributed by atoms with Crippen LogP contribution in [0.2, 0.25) is 0 Å². The smallest absolute Gasteiger partial charge is 0.227 e. The van der Waals surface area contributed by atoms with E-state index in [4.69, 9.17) is 4.52 Å². The van der Waals surface area contributed by atoms with Crippen LogP contribution >= 0.6 is 0 Å². The van der Waals surface area contributed by atoms with Crippen molar-refractivity contribution in [1.82, 2.24) is 20.4 Å². The van der Waals surface area contributed by atoms with Crippen molar-refractivity contribution in [3.63, 3.8) is 0 Å². The molecule has 0 aliphatic rings. The van der Waals surface area contributed by atoms with Crippen LogP contribution < -0.4 is 5.32 Å². The fourth-order valence-corrected chi connectivity index (χ4v) is 2.56. The lowest BCUT2D eigenvalue weighted by Crippen LogP contribution is -2.26. The summed E-state index contributed by atoms with van der Waals surface area (Å²) in [4.78, 5) is 20.3. The third kappa shape index (κ3) is 4.50. The maximum absolute atomic E-state index is 12.1. The Kier molecular flexibility index (Phi) is 5.18. The number of aromatic nitrogens is 3. The Labute approximate surface area is 146 Å². The monoisotopic (exact) mass is 336 g/mol. The van der Waals surface area contributed by atoms with Crippen LogP contribution in [-0.2, 0) is 11.2 Å². The van der Waals surface area contributed by atoms with E-state index in [0.29, 0.717) is 24.6 Å².